The molecule has 0 bridgehead atoms. The zero-order chi connectivity index (χ0) is 12.1. The van der Waals surface area contributed by atoms with Crippen LogP contribution in [0.5, 0.6) is 0 Å². The van der Waals surface area contributed by atoms with Crippen LogP contribution in [0.15, 0.2) is 12.1 Å². The summed E-state index contributed by atoms with van der Waals surface area (Å²) in [5, 5.41) is 3.32. The van der Waals surface area contributed by atoms with Gasteiger partial charge in [-0.15, -0.1) is 11.3 Å². The first-order chi connectivity index (χ1) is 8.24. The van der Waals surface area contributed by atoms with Crippen molar-refractivity contribution in [3.8, 4) is 0 Å². The first kappa shape index (κ1) is 13.1. The van der Waals surface area contributed by atoms with E-state index in [0.717, 1.165) is 0 Å². The van der Waals surface area contributed by atoms with E-state index in [1.54, 1.807) is 4.88 Å². The molecule has 1 heterocycles. The topological polar surface area (TPSA) is 12.0 Å². The summed E-state index contributed by atoms with van der Waals surface area (Å²) in [6, 6.07) is 4.58. The van der Waals surface area contributed by atoms with E-state index in [-0.39, 0.29) is 0 Å². The molecule has 1 aromatic heterocycles. The summed E-state index contributed by atoms with van der Waals surface area (Å²) >= 11 is 1.98. The van der Waals surface area contributed by atoms with Crippen LogP contribution in [-0.2, 0) is 6.42 Å². The Kier molecular flexibility index (Phi) is 4.63. The van der Waals surface area contributed by atoms with E-state index in [4.69, 9.17) is 0 Å². The molecule has 0 atom stereocenters. The Balaban J connectivity index is 1.89. The second kappa shape index (κ2) is 6.01. The quantitative estimate of drug-likeness (QED) is 0.800. The normalized spacial score (nSPS) is 18.7. The Hall–Kier alpha value is -0.340. The van der Waals surface area contributed by atoms with Gasteiger partial charge in [-0.3, -0.25) is 0 Å². The second-order valence-electron chi connectivity index (χ2n) is 5.57. The number of rotatable bonds is 6. The van der Waals surface area contributed by atoms with Crippen LogP contribution in [0, 0.1) is 12.3 Å². The van der Waals surface area contributed by atoms with E-state index >= 15 is 0 Å². The molecule has 17 heavy (non-hydrogen) atoms. The largest absolute Gasteiger partial charge is 0.320 e. The SMILES string of the molecule is CNCCC1(CCc2ccc(C)s2)CCCC1. The minimum atomic E-state index is 0.654. The molecular weight excluding hydrogens is 226 g/mol. The van der Waals surface area contributed by atoms with Gasteiger partial charge in [0.2, 0.25) is 0 Å². The first-order valence-corrected chi connectivity index (χ1v) is 7.76. The molecule has 1 N–H and O–H groups in total. The van der Waals surface area contributed by atoms with Crippen molar-refractivity contribution in [2.45, 2.75) is 51.9 Å². The molecule has 96 valence electrons. The van der Waals surface area contributed by atoms with Crippen molar-refractivity contribution in [1.29, 1.82) is 0 Å². The van der Waals surface area contributed by atoms with Gasteiger partial charge in [0, 0.05) is 9.75 Å². The zero-order valence-electron chi connectivity index (χ0n) is 11.2. The summed E-state index contributed by atoms with van der Waals surface area (Å²) in [7, 11) is 2.07. The number of hydrogen-bond donors (Lipinski definition) is 1. The molecule has 0 radical (unpaired) electrons. The Morgan fingerprint density at radius 2 is 2.00 bits per heavy atom. The smallest absolute Gasteiger partial charge is 0.00482 e. The summed E-state index contributed by atoms with van der Waals surface area (Å²) in [5.41, 5.74) is 0.654. The maximum atomic E-state index is 3.32. The van der Waals surface area contributed by atoms with E-state index in [0.29, 0.717) is 5.41 Å². The lowest BCUT2D eigenvalue weighted by Gasteiger charge is -2.29. The molecule has 2 heteroatoms. The van der Waals surface area contributed by atoms with Gasteiger partial charge >= 0.3 is 0 Å². The lowest BCUT2D eigenvalue weighted by Crippen LogP contribution is -2.23. The van der Waals surface area contributed by atoms with E-state index in [1.807, 2.05) is 11.3 Å². The van der Waals surface area contributed by atoms with E-state index in [9.17, 15) is 0 Å². The maximum absolute atomic E-state index is 3.32. The molecule has 1 aliphatic carbocycles. The van der Waals surface area contributed by atoms with Crippen molar-refractivity contribution in [3.05, 3.63) is 21.9 Å². The average Bonchev–Trinajstić information content (AvgIpc) is 2.94. The highest BCUT2D eigenvalue weighted by Crippen LogP contribution is 2.44. The van der Waals surface area contributed by atoms with Gasteiger partial charge in [0.05, 0.1) is 0 Å². The van der Waals surface area contributed by atoms with Crippen molar-refractivity contribution in [2.75, 3.05) is 13.6 Å². The number of nitrogens with one attached hydrogen (secondary N) is 1. The molecule has 0 amide bonds. The Morgan fingerprint density at radius 1 is 1.24 bits per heavy atom. The Bertz CT molecular complexity index is 336. The molecule has 2 rings (SSSR count). The van der Waals surface area contributed by atoms with Crippen molar-refractivity contribution in [3.63, 3.8) is 0 Å². The summed E-state index contributed by atoms with van der Waals surface area (Å²) in [6.07, 6.45) is 9.88. The predicted octanol–water partition coefficient (Wildman–Crippen LogP) is 4.16. The molecule has 0 spiro atoms. The van der Waals surface area contributed by atoms with Crippen molar-refractivity contribution in [1.82, 2.24) is 5.32 Å². The predicted molar refractivity (Wildman–Crippen MR) is 76.8 cm³/mol. The molecule has 0 saturated heterocycles. The molecule has 0 aliphatic heterocycles. The molecular formula is C15H25NS. The van der Waals surface area contributed by atoms with Crippen LogP contribution in [0.4, 0.5) is 0 Å². The molecule has 0 unspecified atom stereocenters. The van der Waals surface area contributed by atoms with Crippen LogP contribution in [0.2, 0.25) is 0 Å². The molecule has 1 aromatic rings. The van der Waals surface area contributed by atoms with Crippen LogP contribution < -0.4 is 5.32 Å². The Morgan fingerprint density at radius 3 is 2.59 bits per heavy atom. The van der Waals surface area contributed by atoms with Gasteiger partial charge in [0.25, 0.3) is 0 Å². The highest BCUT2D eigenvalue weighted by Gasteiger charge is 2.32. The van der Waals surface area contributed by atoms with Crippen molar-refractivity contribution >= 4 is 11.3 Å². The summed E-state index contributed by atoms with van der Waals surface area (Å²) in [6.45, 7) is 3.39. The lowest BCUT2D eigenvalue weighted by atomic mass is 9.78. The molecule has 1 saturated carbocycles. The van der Waals surface area contributed by atoms with Gasteiger partial charge in [-0.1, -0.05) is 12.8 Å². The van der Waals surface area contributed by atoms with Gasteiger partial charge < -0.3 is 5.32 Å². The van der Waals surface area contributed by atoms with Crippen LogP contribution in [-0.4, -0.2) is 13.6 Å². The third-order valence-electron chi connectivity index (χ3n) is 4.27. The highest BCUT2D eigenvalue weighted by molar-refractivity contribution is 7.11. The number of aryl methyl sites for hydroxylation is 2. The van der Waals surface area contributed by atoms with Crippen molar-refractivity contribution in [2.24, 2.45) is 5.41 Å². The van der Waals surface area contributed by atoms with Crippen LogP contribution in [0.1, 0.15) is 48.3 Å². The fourth-order valence-corrected chi connectivity index (χ4v) is 4.04. The van der Waals surface area contributed by atoms with E-state index < -0.39 is 0 Å². The van der Waals surface area contributed by atoms with E-state index in [2.05, 4.69) is 31.4 Å². The van der Waals surface area contributed by atoms with Crippen molar-refractivity contribution < 1.29 is 0 Å². The number of hydrogen-bond acceptors (Lipinski definition) is 2. The zero-order valence-corrected chi connectivity index (χ0v) is 12.0. The summed E-state index contributed by atoms with van der Waals surface area (Å²) < 4.78 is 0. The third-order valence-corrected chi connectivity index (χ3v) is 5.33. The van der Waals surface area contributed by atoms with Gasteiger partial charge in [0.15, 0.2) is 0 Å². The van der Waals surface area contributed by atoms with E-state index in [1.165, 1.54) is 56.4 Å². The molecule has 0 aromatic carbocycles. The average molecular weight is 251 g/mol. The fraction of sp³-hybridized carbons (Fsp3) is 0.733. The lowest BCUT2D eigenvalue weighted by molar-refractivity contribution is 0.248. The van der Waals surface area contributed by atoms with Gasteiger partial charge in [-0.05, 0) is 70.2 Å². The van der Waals surface area contributed by atoms with Crippen LogP contribution >= 0.6 is 11.3 Å². The Labute approximate surface area is 110 Å². The maximum Gasteiger partial charge on any atom is 0.00482 e. The monoisotopic (exact) mass is 251 g/mol. The van der Waals surface area contributed by atoms with Crippen LogP contribution in [0.3, 0.4) is 0 Å². The standard InChI is InChI=1S/C15H25NS/c1-13-5-6-14(17-13)7-10-15(11-12-16-2)8-3-4-9-15/h5-6,16H,3-4,7-12H2,1-2H3. The third kappa shape index (κ3) is 3.56. The summed E-state index contributed by atoms with van der Waals surface area (Å²) in [4.78, 5) is 3.04. The summed E-state index contributed by atoms with van der Waals surface area (Å²) in [5.74, 6) is 0. The van der Waals surface area contributed by atoms with Crippen LogP contribution in [0.25, 0.3) is 0 Å². The molecule has 1 aliphatic rings. The van der Waals surface area contributed by atoms with Gasteiger partial charge in [0.1, 0.15) is 0 Å². The van der Waals surface area contributed by atoms with Gasteiger partial charge in [-0.2, -0.15) is 0 Å². The van der Waals surface area contributed by atoms with Gasteiger partial charge in [-0.25, -0.2) is 0 Å². The highest BCUT2D eigenvalue weighted by atomic mass is 32.1. The number of thiophene rings is 1. The second-order valence-corrected chi connectivity index (χ2v) is 6.95. The molecule has 1 nitrogen and oxygen atoms in total. The minimum Gasteiger partial charge on any atom is -0.320 e. The first-order valence-electron chi connectivity index (χ1n) is 6.94. The fourth-order valence-electron chi connectivity index (χ4n) is 3.15. The molecule has 1 fully saturated rings. The minimum absolute atomic E-state index is 0.654.